The Labute approximate surface area is 110 Å². The number of thiophene rings is 1. The lowest BCUT2D eigenvalue weighted by Gasteiger charge is -2.16. The van der Waals surface area contributed by atoms with Crippen LogP contribution in [0.4, 0.5) is 4.39 Å². The summed E-state index contributed by atoms with van der Waals surface area (Å²) in [5.74, 6) is -0.351. The molecular formula is C14H14FNOS. The number of hydrogen-bond donors (Lipinski definition) is 0. The molecule has 0 saturated carbocycles. The van der Waals surface area contributed by atoms with Gasteiger partial charge in [0.1, 0.15) is 5.82 Å². The van der Waals surface area contributed by atoms with Crippen molar-refractivity contribution in [3.8, 4) is 0 Å². The molecule has 1 aromatic carbocycles. The molecule has 1 amide bonds. The maximum Gasteiger partial charge on any atom is 0.263 e. The van der Waals surface area contributed by atoms with E-state index in [1.807, 2.05) is 13.0 Å². The molecule has 0 unspecified atom stereocenters. The Morgan fingerprint density at radius 3 is 2.61 bits per heavy atom. The minimum Gasteiger partial charge on any atom is -0.337 e. The molecule has 0 saturated heterocycles. The molecule has 4 heteroatoms. The van der Waals surface area contributed by atoms with E-state index < -0.39 is 0 Å². The number of rotatable bonds is 3. The molecule has 2 rings (SSSR count). The van der Waals surface area contributed by atoms with E-state index in [1.54, 1.807) is 31.3 Å². The fourth-order valence-corrected chi connectivity index (χ4v) is 2.55. The Morgan fingerprint density at radius 1 is 1.28 bits per heavy atom. The molecule has 1 heterocycles. The van der Waals surface area contributed by atoms with Crippen LogP contribution in [-0.2, 0) is 6.54 Å². The van der Waals surface area contributed by atoms with Gasteiger partial charge in [-0.2, -0.15) is 0 Å². The third kappa shape index (κ3) is 2.76. The van der Waals surface area contributed by atoms with Crippen LogP contribution in [0.3, 0.4) is 0 Å². The molecule has 2 nitrogen and oxygen atoms in total. The summed E-state index contributed by atoms with van der Waals surface area (Å²) in [4.78, 5) is 15.4. The van der Waals surface area contributed by atoms with E-state index in [4.69, 9.17) is 0 Å². The van der Waals surface area contributed by atoms with Gasteiger partial charge in [-0.1, -0.05) is 18.2 Å². The predicted molar refractivity (Wildman–Crippen MR) is 71.3 cm³/mol. The molecule has 0 aliphatic carbocycles. The molecule has 2 aromatic rings. The van der Waals surface area contributed by atoms with Gasteiger partial charge in [0.25, 0.3) is 5.91 Å². The zero-order chi connectivity index (χ0) is 13.1. The molecule has 0 bridgehead atoms. The van der Waals surface area contributed by atoms with Gasteiger partial charge in [0, 0.05) is 24.0 Å². The van der Waals surface area contributed by atoms with Gasteiger partial charge < -0.3 is 4.90 Å². The van der Waals surface area contributed by atoms with Crippen LogP contribution in [0.15, 0.2) is 36.4 Å². The first-order valence-corrected chi connectivity index (χ1v) is 6.45. The van der Waals surface area contributed by atoms with Crippen LogP contribution in [0, 0.1) is 12.7 Å². The highest BCUT2D eigenvalue weighted by Crippen LogP contribution is 2.18. The number of hydrogen-bond acceptors (Lipinski definition) is 2. The summed E-state index contributed by atoms with van der Waals surface area (Å²) in [7, 11) is 1.68. The second kappa shape index (κ2) is 5.31. The van der Waals surface area contributed by atoms with E-state index in [0.29, 0.717) is 10.4 Å². The normalized spacial score (nSPS) is 10.4. The minimum absolute atomic E-state index is 0.0728. The van der Waals surface area contributed by atoms with Crippen molar-refractivity contribution < 1.29 is 9.18 Å². The van der Waals surface area contributed by atoms with Crippen LogP contribution in [0.25, 0.3) is 0 Å². The highest BCUT2D eigenvalue weighted by molar-refractivity contribution is 7.13. The van der Waals surface area contributed by atoms with Crippen LogP contribution in [0.1, 0.15) is 20.1 Å². The molecule has 0 radical (unpaired) electrons. The second-order valence-corrected chi connectivity index (χ2v) is 5.45. The molecule has 0 N–H and O–H groups in total. The summed E-state index contributed by atoms with van der Waals surface area (Å²) in [6, 6.07) is 10.2. The van der Waals surface area contributed by atoms with E-state index in [-0.39, 0.29) is 18.3 Å². The maximum atomic E-state index is 13.5. The zero-order valence-corrected chi connectivity index (χ0v) is 11.1. The first kappa shape index (κ1) is 12.8. The van der Waals surface area contributed by atoms with Crippen LogP contribution in [0.5, 0.6) is 0 Å². The summed E-state index contributed by atoms with van der Waals surface area (Å²) >= 11 is 1.45. The average Bonchev–Trinajstić information content (AvgIpc) is 2.78. The van der Waals surface area contributed by atoms with Crippen molar-refractivity contribution in [3.63, 3.8) is 0 Å². The van der Waals surface area contributed by atoms with E-state index in [2.05, 4.69) is 0 Å². The standard InChI is InChI=1S/C14H14FNOS/c1-10-7-8-13(18-10)14(17)16(2)9-11-5-3-4-6-12(11)15/h3-8H,9H2,1-2H3. The summed E-state index contributed by atoms with van der Waals surface area (Å²) in [5.41, 5.74) is 0.529. The molecule has 94 valence electrons. The molecular weight excluding hydrogens is 249 g/mol. The van der Waals surface area contributed by atoms with Gasteiger partial charge in [-0.15, -0.1) is 11.3 Å². The molecule has 0 aliphatic rings. The molecule has 1 aromatic heterocycles. The monoisotopic (exact) mass is 263 g/mol. The van der Waals surface area contributed by atoms with Gasteiger partial charge >= 0.3 is 0 Å². The van der Waals surface area contributed by atoms with E-state index in [0.717, 1.165) is 4.88 Å². The molecule has 0 fully saturated rings. The Hall–Kier alpha value is -1.68. The van der Waals surface area contributed by atoms with Crippen molar-refractivity contribution in [2.75, 3.05) is 7.05 Å². The zero-order valence-electron chi connectivity index (χ0n) is 10.3. The summed E-state index contributed by atoms with van der Waals surface area (Å²) < 4.78 is 13.5. The first-order chi connectivity index (χ1) is 8.58. The van der Waals surface area contributed by atoms with Gasteiger partial charge in [-0.25, -0.2) is 4.39 Å². The minimum atomic E-state index is -0.278. The van der Waals surface area contributed by atoms with Crippen molar-refractivity contribution in [1.29, 1.82) is 0 Å². The Balaban J connectivity index is 2.11. The molecule has 0 spiro atoms. The van der Waals surface area contributed by atoms with Crippen molar-refractivity contribution in [2.24, 2.45) is 0 Å². The Bertz CT molecular complexity index is 564. The summed E-state index contributed by atoms with van der Waals surface area (Å²) in [5, 5.41) is 0. The Morgan fingerprint density at radius 2 is 2.00 bits per heavy atom. The lowest BCUT2D eigenvalue weighted by molar-refractivity contribution is 0.0788. The lowest BCUT2D eigenvalue weighted by atomic mass is 10.2. The van der Waals surface area contributed by atoms with E-state index in [1.165, 1.54) is 22.3 Å². The highest BCUT2D eigenvalue weighted by atomic mass is 32.1. The quantitative estimate of drug-likeness (QED) is 0.830. The number of nitrogens with zero attached hydrogens (tertiary/aromatic N) is 1. The van der Waals surface area contributed by atoms with E-state index >= 15 is 0 Å². The van der Waals surface area contributed by atoms with Crippen molar-refractivity contribution in [2.45, 2.75) is 13.5 Å². The largest absolute Gasteiger partial charge is 0.337 e. The fourth-order valence-electron chi connectivity index (χ4n) is 1.69. The highest BCUT2D eigenvalue weighted by Gasteiger charge is 2.14. The van der Waals surface area contributed by atoms with Gasteiger partial charge in [0.05, 0.1) is 4.88 Å². The van der Waals surface area contributed by atoms with Crippen molar-refractivity contribution in [3.05, 3.63) is 57.5 Å². The van der Waals surface area contributed by atoms with Crippen LogP contribution < -0.4 is 0 Å². The third-order valence-electron chi connectivity index (χ3n) is 2.66. The molecule has 0 atom stereocenters. The number of amides is 1. The number of carbonyl (C=O) groups excluding carboxylic acids is 1. The Kier molecular flexibility index (Phi) is 3.77. The number of aryl methyl sites for hydroxylation is 1. The third-order valence-corrected chi connectivity index (χ3v) is 3.65. The second-order valence-electron chi connectivity index (χ2n) is 4.16. The van der Waals surface area contributed by atoms with Gasteiger partial charge in [0.2, 0.25) is 0 Å². The summed E-state index contributed by atoms with van der Waals surface area (Å²) in [6.45, 7) is 2.24. The molecule has 0 aliphatic heterocycles. The lowest BCUT2D eigenvalue weighted by Crippen LogP contribution is -2.25. The van der Waals surface area contributed by atoms with Gasteiger partial charge in [0.15, 0.2) is 0 Å². The first-order valence-electron chi connectivity index (χ1n) is 5.63. The SMILES string of the molecule is Cc1ccc(C(=O)N(C)Cc2ccccc2F)s1. The molecule has 18 heavy (non-hydrogen) atoms. The van der Waals surface area contributed by atoms with Crippen LogP contribution in [0.2, 0.25) is 0 Å². The average molecular weight is 263 g/mol. The number of benzene rings is 1. The fraction of sp³-hybridized carbons (Fsp3) is 0.214. The van der Waals surface area contributed by atoms with Crippen LogP contribution in [-0.4, -0.2) is 17.9 Å². The predicted octanol–water partition coefficient (Wildman–Crippen LogP) is 3.47. The number of halogens is 1. The maximum absolute atomic E-state index is 13.5. The van der Waals surface area contributed by atoms with Crippen molar-refractivity contribution >= 4 is 17.2 Å². The van der Waals surface area contributed by atoms with Gasteiger partial charge in [-0.05, 0) is 25.1 Å². The smallest absolute Gasteiger partial charge is 0.263 e. The van der Waals surface area contributed by atoms with Crippen molar-refractivity contribution in [1.82, 2.24) is 4.90 Å². The van der Waals surface area contributed by atoms with Crippen LogP contribution >= 0.6 is 11.3 Å². The summed E-state index contributed by atoms with van der Waals surface area (Å²) in [6.07, 6.45) is 0. The topological polar surface area (TPSA) is 20.3 Å². The number of carbonyl (C=O) groups is 1. The van der Waals surface area contributed by atoms with Gasteiger partial charge in [-0.3, -0.25) is 4.79 Å². The van der Waals surface area contributed by atoms with E-state index in [9.17, 15) is 9.18 Å².